The SMILES string of the molecule is CCC1(C(=O)Cc2nn(C)c3ccccc23)CCNC1. The number of rotatable bonds is 4. The van der Waals surface area contributed by atoms with E-state index in [1.807, 2.05) is 29.9 Å². The number of aryl methyl sites for hydroxylation is 1. The molecule has 0 radical (unpaired) electrons. The molecular formula is C16H21N3O. The van der Waals surface area contributed by atoms with Crippen LogP contribution in [0.4, 0.5) is 0 Å². The van der Waals surface area contributed by atoms with E-state index in [1.54, 1.807) is 0 Å². The number of para-hydroxylation sites is 1. The molecule has 2 heterocycles. The first-order valence-corrected chi connectivity index (χ1v) is 7.31. The van der Waals surface area contributed by atoms with E-state index < -0.39 is 0 Å². The molecule has 4 heteroatoms. The molecule has 4 nitrogen and oxygen atoms in total. The third-order valence-electron chi connectivity index (χ3n) is 4.67. The molecule has 1 aliphatic heterocycles. The number of carbonyl (C=O) groups is 1. The quantitative estimate of drug-likeness (QED) is 0.926. The molecule has 0 saturated carbocycles. The van der Waals surface area contributed by atoms with Crippen LogP contribution in [-0.2, 0) is 18.3 Å². The molecule has 1 unspecified atom stereocenters. The summed E-state index contributed by atoms with van der Waals surface area (Å²) in [6.07, 6.45) is 2.30. The lowest BCUT2D eigenvalue weighted by molar-refractivity contribution is -0.127. The lowest BCUT2D eigenvalue weighted by Gasteiger charge is -2.24. The van der Waals surface area contributed by atoms with E-state index in [1.165, 1.54) is 0 Å². The number of ketones is 1. The van der Waals surface area contributed by atoms with Crippen molar-refractivity contribution in [1.82, 2.24) is 15.1 Å². The fourth-order valence-electron chi connectivity index (χ4n) is 3.24. The average Bonchev–Trinajstić information content (AvgIpc) is 3.06. The lowest BCUT2D eigenvalue weighted by Crippen LogP contribution is -2.34. The Morgan fingerprint density at radius 1 is 1.45 bits per heavy atom. The Bertz CT molecular complexity index is 638. The Kier molecular flexibility index (Phi) is 3.34. The Labute approximate surface area is 119 Å². The third-order valence-corrected chi connectivity index (χ3v) is 4.67. The second-order valence-electron chi connectivity index (χ2n) is 5.75. The summed E-state index contributed by atoms with van der Waals surface area (Å²) in [4.78, 5) is 12.7. The van der Waals surface area contributed by atoms with Crippen molar-refractivity contribution in [2.45, 2.75) is 26.2 Å². The molecule has 1 aromatic carbocycles. The van der Waals surface area contributed by atoms with Gasteiger partial charge in [-0.2, -0.15) is 5.10 Å². The fourth-order valence-corrected chi connectivity index (χ4v) is 3.24. The van der Waals surface area contributed by atoms with Crippen LogP contribution in [0.5, 0.6) is 0 Å². The van der Waals surface area contributed by atoms with E-state index in [0.717, 1.165) is 42.5 Å². The van der Waals surface area contributed by atoms with Gasteiger partial charge in [-0.05, 0) is 25.5 Å². The fraction of sp³-hybridized carbons (Fsp3) is 0.500. The first-order valence-electron chi connectivity index (χ1n) is 7.31. The van der Waals surface area contributed by atoms with E-state index in [9.17, 15) is 4.79 Å². The average molecular weight is 271 g/mol. The number of hydrogen-bond acceptors (Lipinski definition) is 3. The molecule has 1 aliphatic rings. The molecule has 1 saturated heterocycles. The molecule has 106 valence electrons. The van der Waals surface area contributed by atoms with E-state index in [-0.39, 0.29) is 5.41 Å². The number of hydrogen-bond donors (Lipinski definition) is 1. The minimum Gasteiger partial charge on any atom is -0.316 e. The Morgan fingerprint density at radius 2 is 2.25 bits per heavy atom. The zero-order chi connectivity index (χ0) is 14.2. The minimum atomic E-state index is -0.182. The molecule has 1 N–H and O–H groups in total. The molecular weight excluding hydrogens is 250 g/mol. The summed E-state index contributed by atoms with van der Waals surface area (Å²) < 4.78 is 1.86. The second kappa shape index (κ2) is 5.02. The highest BCUT2D eigenvalue weighted by atomic mass is 16.1. The highest BCUT2D eigenvalue weighted by Gasteiger charge is 2.39. The van der Waals surface area contributed by atoms with Crippen molar-refractivity contribution in [1.29, 1.82) is 0 Å². The van der Waals surface area contributed by atoms with Crippen LogP contribution in [0, 0.1) is 5.41 Å². The summed E-state index contributed by atoms with van der Waals surface area (Å²) in [5.74, 6) is 0.328. The number of carbonyl (C=O) groups excluding carboxylic acids is 1. The lowest BCUT2D eigenvalue weighted by atomic mass is 9.78. The van der Waals surface area contributed by atoms with Crippen LogP contribution < -0.4 is 5.32 Å². The van der Waals surface area contributed by atoms with Crippen LogP contribution in [0.3, 0.4) is 0 Å². The summed E-state index contributed by atoms with van der Waals surface area (Å²) in [6, 6.07) is 8.11. The smallest absolute Gasteiger partial charge is 0.146 e. The van der Waals surface area contributed by atoms with Gasteiger partial charge >= 0.3 is 0 Å². The van der Waals surface area contributed by atoms with E-state index in [4.69, 9.17) is 0 Å². The molecule has 1 atom stereocenters. The Morgan fingerprint density at radius 3 is 2.95 bits per heavy atom. The van der Waals surface area contributed by atoms with Gasteiger partial charge in [-0.1, -0.05) is 25.1 Å². The molecule has 0 bridgehead atoms. The molecule has 1 fully saturated rings. The monoisotopic (exact) mass is 271 g/mol. The summed E-state index contributed by atoms with van der Waals surface area (Å²) in [5, 5.41) is 8.97. The number of benzene rings is 1. The highest BCUT2D eigenvalue weighted by Crippen LogP contribution is 2.32. The summed E-state index contributed by atoms with van der Waals surface area (Å²) in [7, 11) is 1.93. The zero-order valence-corrected chi connectivity index (χ0v) is 12.1. The Balaban J connectivity index is 1.91. The standard InChI is InChI=1S/C16H21N3O/c1-3-16(8-9-17-11-16)15(20)10-13-12-6-4-5-7-14(12)19(2)18-13/h4-7,17H,3,8-11H2,1-2H3. The van der Waals surface area contributed by atoms with Crippen molar-refractivity contribution in [3.05, 3.63) is 30.0 Å². The minimum absolute atomic E-state index is 0.182. The third kappa shape index (κ3) is 2.04. The van der Waals surface area contributed by atoms with Crippen molar-refractivity contribution >= 4 is 16.7 Å². The second-order valence-corrected chi connectivity index (χ2v) is 5.75. The number of nitrogens with one attached hydrogen (secondary N) is 1. The van der Waals surface area contributed by atoms with E-state index in [0.29, 0.717) is 12.2 Å². The van der Waals surface area contributed by atoms with Gasteiger partial charge in [0.2, 0.25) is 0 Å². The largest absolute Gasteiger partial charge is 0.316 e. The molecule has 0 aliphatic carbocycles. The van der Waals surface area contributed by atoms with Gasteiger partial charge in [-0.25, -0.2) is 0 Å². The normalized spacial score (nSPS) is 22.5. The van der Waals surface area contributed by atoms with Crippen molar-refractivity contribution in [3.63, 3.8) is 0 Å². The number of nitrogens with zero attached hydrogens (tertiary/aromatic N) is 2. The predicted molar refractivity (Wildman–Crippen MR) is 79.6 cm³/mol. The maximum absolute atomic E-state index is 12.7. The summed E-state index contributed by atoms with van der Waals surface area (Å²) >= 11 is 0. The van der Waals surface area contributed by atoms with Crippen molar-refractivity contribution < 1.29 is 4.79 Å². The van der Waals surface area contributed by atoms with Crippen molar-refractivity contribution in [2.75, 3.05) is 13.1 Å². The molecule has 0 amide bonds. The van der Waals surface area contributed by atoms with Crippen molar-refractivity contribution in [2.24, 2.45) is 12.5 Å². The number of Topliss-reactive ketones (excluding diaryl/α,β-unsaturated/α-hetero) is 1. The predicted octanol–water partition coefficient (Wildman–Crippen LogP) is 2.07. The number of fused-ring (bicyclic) bond motifs is 1. The van der Waals surface area contributed by atoms with Gasteiger partial charge in [-0.15, -0.1) is 0 Å². The van der Waals surface area contributed by atoms with E-state index in [2.05, 4.69) is 23.4 Å². The first-order chi connectivity index (χ1) is 9.66. The van der Waals surface area contributed by atoms with Crippen LogP contribution in [0.2, 0.25) is 0 Å². The first kappa shape index (κ1) is 13.3. The van der Waals surface area contributed by atoms with Crippen LogP contribution in [-0.4, -0.2) is 28.7 Å². The topological polar surface area (TPSA) is 46.9 Å². The van der Waals surface area contributed by atoms with E-state index >= 15 is 0 Å². The van der Waals surface area contributed by atoms with Gasteiger partial charge in [-0.3, -0.25) is 9.48 Å². The summed E-state index contributed by atoms with van der Waals surface area (Å²) in [6.45, 7) is 3.87. The highest BCUT2D eigenvalue weighted by molar-refractivity contribution is 5.91. The van der Waals surface area contributed by atoms with Crippen molar-refractivity contribution in [3.8, 4) is 0 Å². The molecule has 2 aromatic rings. The van der Waals surface area contributed by atoms with Crippen LogP contribution >= 0.6 is 0 Å². The van der Waals surface area contributed by atoms with Crippen LogP contribution in [0.25, 0.3) is 10.9 Å². The zero-order valence-electron chi connectivity index (χ0n) is 12.1. The van der Waals surface area contributed by atoms with Gasteiger partial charge < -0.3 is 5.32 Å². The molecule has 1 aromatic heterocycles. The molecule has 20 heavy (non-hydrogen) atoms. The molecule has 3 rings (SSSR count). The van der Waals surface area contributed by atoms with Gasteiger partial charge in [0.1, 0.15) is 5.78 Å². The van der Waals surface area contributed by atoms with Gasteiger partial charge in [0.05, 0.1) is 17.6 Å². The Hall–Kier alpha value is -1.68. The maximum Gasteiger partial charge on any atom is 0.146 e. The van der Waals surface area contributed by atoms with Crippen LogP contribution in [0.15, 0.2) is 24.3 Å². The van der Waals surface area contributed by atoms with Gasteiger partial charge in [0.15, 0.2) is 0 Å². The van der Waals surface area contributed by atoms with Gasteiger partial charge in [0.25, 0.3) is 0 Å². The summed E-state index contributed by atoms with van der Waals surface area (Å²) in [5.41, 5.74) is 1.82. The van der Waals surface area contributed by atoms with Crippen LogP contribution in [0.1, 0.15) is 25.5 Å². The number of aromatic nitrogens is 2. The van der Waals surface area contributed by atoms with Gasteiger partial charge in [0, 0.05) is 24.4 Å². The molecule has 0 spiro atoms. The maximum atomic E-state index is 12.7.